The van der Waals surface area contributed by atoms with Gasteiger partial charge < -0.3 is 10.2 Å². The highest BCUT2D eigenvalue weighted by atomic mass is 32.2. The third-order valence-corrected chi connectivity index (χ3v) is 5.97. The van der Waals surface area contributed by atoms with Crippen molar-refractivity contribution in [2.24, 2.45) is 0 Å². The van der Waals surface area contributed by atoms with Gasteiger partial charge in [-0.3, -0.25) is 0 Å². The van der Waals surface area contributed by atoms with Crippen molar-refractivity contribution in [3.63, 3.8) is 0 Å². The molecule has 1 aliphatic rings. The molecule has 0 unspecified atom stereocenters. The van der Waals surface area contributed by atoms with Crippen LogP contribution in [0.5, 0.6) is 0 Å². The Bertz CT molecular complexity index is 517. The molecule has 1 aliphatic heterocycles. The van der Waals surface area contributed by atoms with Gasteiger partial charge in [-0.2, -0.15) is 0 Å². The van der Waals surface area contributed by atoms with Crippen molar-refractivity contribution in [1.82, 2.24) is 10.2 Å². The fourth-order valence-corrected chi connectivity index (χ4v) is 3.40. The topological polar surface area (TPSA) is 49.4 Å². The maximum absolute atomic E-state index is 12.0. The smallest absolute Gasteiger partial charge is 0.180 e. The first kappa shape index (κ1) is 15.5. The zero-order chi connectivity index (χ0) is 14.6. The Morgan fingerprint density at radius 2 is 1.75 bits per heavy atom. The van der Waals surface area contributed by atoms with E-state index in [1.54, 1.807) is 26.0 Å². The van der Waals surface area contributed by atoms with Gasteiger partial charge in [0.05, 0.1) is 10.1 Å². The largest absolute Gasteiger partial charge is 0.314 e. The standard InChI is InChI=1S/C15H24N2O2S/c1-13(2)20(18,19)15-5-3-14(4-6-15)7-10-17-11-8-16-9-12-17/h3-6,13,16H,7-12H2,1-2H3. The molecular formula is C15H24N2O2S. The fourth-order valence-electron chi connectivity index (χ4n) is 2.34. The van der Waals surface area contributed by atoms with Crippen LogP contribution in [0.2, 0.25) is 0 Å². The average molecular weight is 296 g/mol. The summed E-state index contributed by atoms with van der Waals surface area (Å²) < 4.78 is 24.1. The molecular weight excluding hydrogens is 272 g/mol. The van der Waals surface area contributed by atoms with Crippen LogP contribution in [0.15, 0.2) is 29.2 Å². The van der Waals surface area contributed by atoms with Crippen LogP contribution in [0.25, 0.3) is 0 Å². The minimum absolute atomic E-state index is 0.366. The molecule has 0 radical (unpaired) electrons. The molecule has 2 rings (SSSR count). The zero-order valence-electron chi connectivity index (χ0n) is 12.3. The van der Waals surface area contributed by atoms with E-state index in [4.69, 9.17) is 0 Å². The molecule has 0 aliphatic carbocycles. The van der Waals surface area contributed by atoms with Crippen molar-refractivity contribution in [2.75, 3.05) is 32.7 Å². The lowest BCUT2D eigenvalue weighted by atomic mass is 10.1. The van der Waals surface area contributed by atoms with Crippen LogP contribution in [0, 0.1) is 0 Å². The molecule has 1 saturated heterocycles. The number of piperazine rings is 1. The minimum atomic E-state index is -3.15. The Balaban J connectivity index is 1.94. The van der Waals surface area contributed by atoms with Gasteiger partial charge in [0.2, 0.25) is 0 Å². The Morgan fingerprint density at radius 1 is 1.15 bits per heavy atom. The molecule has 112 valence electrons. The SMILES string of the molecule is CC(C)S(=O)(=O)c1ccc(CCN2CCNCC2)cc1. The van der Waals surface area contributed by atoms with Crippen molar-refractivity contribution in [3.8, 4) is 0 Å². The molecule has 1 aromatic carbocycles. The monoisotopic (exact) mass is 296 g/mol. The summed E-state index contributed by atoms with van der Waals surface area (Å²) >= 11 is 0. The molecule has 1 aromatic rings. The van der Waals surface area contributed by atoms with Gasteiger partial charge in [0.1, 0.15) is 0 Å². The van der Waals surface area contributed by atoms with Gasteiger partial charge in [-0.25, -0.2) is 8.42 Å². The van der Waals surface area contributed by atoms with Crippen molar-refractivity contribution in [1.29, 1.82) is 0 Å². The Kier molecular flexibility index (Phi) is 5.18. The summed E-state index contributed by atoms with van der Waals surface area (Å²) in [6.45, 7) is 8.79. The number of hydrogen-bond acceptors (Lipinski definition) is 4. The molecule has 1 heterocycles. The first-order valence-corrected chi connectivity index (χ1v) is 8.80. The molecule has 1 fully saturated rings. The summed E-state index contributed by atoms with van der Waals surface area (Å²) in [4.78, 5) is 2.87. The first-order valence-electron chi connectivity index (χ1n) is 7.26. The summed E-state index contributed by atoms with van der Waals surface area (Å²) in [5.74, 6) is 0. The Labute approximate surface area is 122 Å². The maximum Gasteiger partial charge on any atom is 0.180 e. The van der Waals surface area contributed by atoms with E-state index < -0.39 is 9.84 Å². The van der Waals surface area contributed by atoms with Crippen molar-refractivity contribution in [2.45, 2.75) is 30.4 Å². The van der Waals surface area contributed by atoms with Crippen LogP contribution >= 0.6 is 0 Å². The quantitative estimate of drug-likeness (QED) is 0.890. The lowest BCUT2D eigenvalue weighted by Crippen LogP contribution is -2.44. The van der Waals surface area contributed by atoms with E-state index in [1.165, 1.54) is 5.56 Å². The van der Waals surface area contributed by atoms with Gasteiger partial charge in [0, 0.05) is 32.7 Å². The summed E-state index contributed by atoms with van der Waals surface area (Å²) in [6.07, 6.45) is 0.974. The van der Waals surface area contributed by atoms with Crippen LogP contribution in [0.1, 0.15) is 19.4 Å². The number of nitrogens with zero attached hydrogens (tertiary/aromatic N) is 1. The van der Waals surface area contributed by atoms with Crippen LogP contribution < -0.4 is 5.32 Å². The molecule has 0 atom stereocenters. The predicted octanol–water partition coefficient (Wildman–Crippen LogP) is 1.32. The molecule has 5 heteroatoms. The van der Waals surface area contributed by atoms with Gasteiger partial charge in [-0.15, -0.1) is 0 Å². The lowest BCUT2D eigenvalue weighted by Gasteiger charge is -2.27. The highest BCUT2D eigenvalue weighted by molar-refractivity contribution is 7.92. The number of rotatable bonds is 5. The van der Waals surface area contributed by atoms with Crippen molar-refractivity contribution < 1.29 is 8.42 Å². The minimum Gasteiger partial charge on any atom is -0.314 e. The Morgan fingerprint density at radius 3 is 2.30 bits per heavy atom. The molecule has 0 saturated carbocycles. The van der Waals surface area contributed by atoms with Crippen LogP contribution in [0.3, 0.4) is 0 Å². The molecule has 0 aromatic heterocycles. The highest BCUT2D eigenvalue weighted by Gasteiger charge is 2.18. The van der Waals surface area contributed by atoms with Crippen LogP contribution in [-0.4, -0.2) is 51.3 Å². The number of nitrogens with one attached hydrogen (secondary N) is 1. The predicted molar refractivity (Wildman–Crippen MR) is 81.8 cm³/mol. The lowest BCUT2D eigenvalue weighted by molar-refractivity contribution is 0.244. The van der Waals surface area contributed by atoms with Gasteiger partial charge in [-0.05, 0) is 38.0 Å². The van der Waals surface area contributed by atoms with E-state index in [0.29, 0.717) is 4.90 Å². The van der Waals surface area contributed by atoms with Crippen LogP contribution in [0.4, 0.5) is 0 Å². The van der Waals surface area contributed by atoms with Gasteiger partial charge >= 0.3 is 0 Å². The van der Waals surface area contributed by atoms with Crippen molar-refractivity contribution in [3.05, 3.63) is 29.8 Å². The van der Waals surface area contributed by atoms with E-state index >= 15 is 0 Å². The number of benzene rings is 1. The summed E-state index contributed by atoms with van der Waals surface area (Å²) in [7, 11) is -3.15. The molecule has 1 N–H and O–H groups in total. The molecule has 4 nitrogen and oxygen atoms in total. The average Bonchev–Trinajstić information content (AvgIpc) is 2.46. The highest BCUT2D eigenvalue weighted by Crippen LogP contribution is 2.16. The first-order chi connectivity index (χ1) is 9.50. The second-order valence-electron chi connectivity index (χ2n) is 5.58. The zero-order valence-corrected chi connectivity index (χ0v) is 13.1. The van der Waals surface area contributed by atoms with E-state index in [-0.39, 0.29) is 5.25 Å². The van der Waals surface area contributed by atoms with E-state index in [1.807, 2.05) is 12.1 Å². The second-order valence-corrected chi connectivity index (χ2v) is 8.08. The fraction of sp³-hybridized carbons (Fsp3) is 0.600. The third-order valence-electron chi connectivity index (χ3n) is 3.80. The molecule has 20 heavy (non-hydrogen) atoms. The van der Waals surface area contributed by atoms with Gasteiger partial charge in [-0.1, -0.05) is 12.1 Å². The maximum atomic E-state index is 12.0. The van der Waals surface area contributed by atoms with Crippen molar-refractivity contribution >= 4 is 9.84 Å². The summed E-state index contributed by atoms with van der Waals surface area (Å²) in [5.41, 5.74) is 1.20. The third kappa shape index (κ3) is 3.81. The van der Waals surface area contributed by atoms with Crippen LogP contribution in [-0.2, 0) is 16.3 Å². The second kappa shape index (κ2) is 6.70. The van der Waals surface area contributed by atoms with E-state index in [9.17, 15) is 8.42 Å². The van der Waals surface area contributed by atoms with Gasteiger partial charge in [0.25, 0.3) is 0 Å². The van der Waals surface area contributed by atoms with E-state index in [2.05, 4.69) is 10.2 Å². The molecule has 0 spiro atoms. The van der Waals surface area contributed by atoms with E-state index in [0.717, 1.165) is 39.1 Å². The number of sulfone groups is 1. The normalized spacial score (nSPS) is 17.6. The number of hydrogen-bond donors (Lipinski definition) is 1. The summed E-state index contributed by atoms with van der Waals surface area (Å²) in [6, 6.07) is 7.36. The molecule has 0 bridgehead atoms. The molecule has 0 amide bonds. The summed E-state index contributed by atoms with van der Waals surface area (Å²) in [5, 5.41) is 2.97. The Hall–Kier alpha value is -0.910. The van der Waals surface area contributed by atoms with Gasteiger partial charge in [0.15, 0.2) is 9.84 Å².